The summed E-state index contributed by atoms with van der Waals surface area (Å²) in [7, 11) is 4.50. The number of esters is 1. The average Bonchev–Trinajstić information content (AvgIpc) is 3.19. The van der Waals surface area contributed by atoms with Gasteiger partial charge in [0.05, 0.1) is 44.1 Å². The molecular formula is C25H26N2O7S. The Labute approximate surface area is 207 Å². The van der Waals surface area contributed by atoms with Gasteiger partial charge in [0.1, 0.15) is 22.2 Å². The molecule has 0 fully saturated rings. The van der Waals surface area contributed by atoms with Crippen molar-refractivity contribution >= 4 is 39.8 Å². The number of hydrogen-bond acceptors (Lipinski definition) is 8. The van der Waals surface area contributed by atoms with Crippen molar-refractivity contribution in [2.24, 2.45) is 0 Å². The van der Waals surface area contributed by atoms with Gasteiger partial charge < -0.3 is 29.6 Å². The summed E-state index contributed by atoms with van der Waals surface area (Å²) >= 11 is 0.976. The monoisotopic (exact) mass is 498 g/mol. The minimum Gasteiger partial charge on any atom is -0.497 e. The summed E-state index contributed by atoms with van der Waals surface area (Å²) in [5.41, 5.74) is 1.23. The zero-order chi connectivity index (χ0) is 25.5. The second-order valence-corrected chi connectivity index (χ2v) is 8.21. The molecule has 3 rings (SSSR count). The number of carbonyl (C=O) groups is 3. The van der Waals surface area contributed by atoms with Crippen molar-refractivity contribution in [3.05, 3.63) is 64.0 Å². The molecule has 10 heteroatoms. The van der Waals surface area contributed by atoms with Crippen molar-refractivity contribution < 1.29 is 33.3 Å². The van der Waals surface area contributed by atoms with Crippen molar-refractivity contribution in [2.45, 2.75) is 13.8 Å². The van der Waals surface area contributed by atoms with E-state index in [4.69, 9.17) is 18.9 Å². The van der Waals surface area contributed by atoms with E-state index < -0.39 is 17.8 Å². The van der Waals surface area contributed by atoms with E-state index in [2.05, 4.69) is 10.6 Å². The highest BCUT2D eigenvalue weighted by atomic mass is 32.1. The first-order valence-corrected chi connectivity index (χ1v) is 11.4. The number of anilines is 2. The number of thiophene rings is 1. The Morgan fingerprint density at radius 1 is 0.886 bits per heavy atom. The van der Waals surface area contributed by atoms with Crippen LogP contribution >= 0.6 is 11.3 Å². The Hall–Kier alpha value is -4.05. The van der Waals surface area contributed by atoms with Gasteiger partial charge in [0.25, 0.3) is 11.8 Å². The van der Waals surface area contributed by atoms with Crippen molar-refractivity contribution in [3.8, 4) is 17.2 Å². The molecule has 1 heterocycles. The zero-order valence-corrected chi connectivity index (χ0v) is 20.8. The van der Waals surface area contributed by atoms with Gasteiger partial charge in [-0.05, 0) is 49.7 Å². The number of amides is 2. The van der Waals surface area contributed by atoms with Crippen LogP contribution in [0.5, 0.6) is 17.2 Å². The van der Waals surface area contributed by atoms with E-state index in [9.17, 15) is 14.4 Å². The summed E-state index contributed by atoms with van der Waals surface area (Å²) in [6, 6.07) is 11.6. The van der Waals surface area contributed by atoms with Crippen LogP contribution in [0.15, 0.2) is 42.5 Å². The van der Waals surface area contributed by atoms with Gasteiger partial charge in [-0.1, -0.05) is 6.07 Å². The van der Waals surface area contributed by atoms with Crippen molar-refractivity contribution in [2.75, 3.05) is 38.6 Å². The Balaban J connectivity index is 1.97. The normalized spacial score (nSPS) is 10.3. The molecule has 0 saturated carbocycles. The number of methoxy groups -OCH3 is 3. The molecule has 0 bridgehead atoms. The third-order valence-corrected chi connectivity index (χ3v) is 6.25. The quantitative estimate of drug-likeness (QED) is 0.409. The molecule has 0 spiro atoms. The molecule has 0 atom stereocenters. The van der Waals surface area contributed by atoms with E-state index in [0.29, 0.717) is 34.1 Å². The summed E-state index contributed by atoms with van der Waals surface area (Å²) < 4.78 is 20.9. The number of carbonyl (C=O) groups excluding carboxylic acids is 3. The number of hydrogen-bond donors (Lipinski definition) is 2. The highest BCUT2D eigenvalue weighted by Crippen LogP contribution is 2.36. The molecule has 35 heavy (non-hydrogen) atoms. The van der Waals surface area contributed by atoms with E-state index in [1.165, 1.54) is 21.3 Å². The van der Waals surface area contributed by atoms with E-state index >= 15 is 0 Å². The van der Waals surface area contributed by atoms with Gasteiger partial charge in [-0.15, -0.1) is 11.3 Å². The topological polar surface area (TPSA) is 112 Å². The maximum Gasteiger partial charge on any atom is 0.341 e. The minimum atomic E-state index is -0.639. The number of rotatable bonds is 9. The summed E-state index contributed by atoms with van der Waals surface area (Å²) in [5.74, 6) is -0.102. The van der Waals surface area contributed by atoms with Crippen molar-refractivity contribution in [1.29, 1.82) is 0 Å². The van der Waals surface area contributed by atoms with E-state index in [1.54, 1.807) is 56.3 Å². The predicted octanol–water partition coefficient (Wildman–Crippen LogP) is 4.76. The largest absolute Gasteiger partial charge is 0.497 e. The Kier molecular flexibility index (Phi) is 8.32. The van der Waals surface area contributed by atoms with Gasteiger partial charge in [-0.3, -0.25) is 9.59 Å². The fourth-order valence-corrected chi connectivity index (χ4v) is 4.38. The molecule has 0 aliphatic rings. The second-order valence-electron chi connectivity index (χ2n) is 7.19. The van der Waals surface area contributed by atoms with E-state index in [0.717, 1.165) is 11.3 Å². The fraction of sp³-hybridized carbons (Fsp3) is 0.240. The average molecular weight is 499 g/mol. The van der Waals surface area contributed by atoms with Gasteiger partial charge in [0, 0.05) is 11.6 Å². The van der Waals surface area contributed by atoms with Gasteiger partial charge >= 0.3 is 5.97 Å². The third-order valence-electron chi connectivity index (χ3n) is 5.05. The lowest BCUT2D eigenvalue weighted by Crippen LogP contribution is -2.15. The van der Waals surface area contributed by atoms with Gasteiger partial charge in [0.2, 0.25) is 0 Å². The molecule has 3 aromatic rings. The van der Waals surface area contributed by atoms with Crippen LogP contribution in [0.3, 0.4) is 0 Å². The zero-order valence-electron chi connectivity index (χ0n) is 20.0. The van der Waals surface area contributed by atoms with E-state index in [-0.39, 0.29) is 22.0 Å². The molecule has 2 aromatic carbocycles. The maximum atomic E-state index is 13.2. The minimum absolute atomic E-state index is 0.121. The van der Waals surface area contributed by atoms with Crippen LogP contribution in [0.1, 0.15) is 42.9 Å². The second kappa shape index (κ2) is 11.4. The van der Waals surface area contributed by atoms with E-state index in [1.807, 2.05) is 0 Å². The van der Waals surface area contributed by atoms with Crippen LogP contribution in [-0.4, -0.2) is 45.7 Å². The smallest absolute Gasteiger partial charge is 0.341 e. The third kappa shape index (κ3) is 5.72. The van der Waals surface area contributed by atoms with Crippen LogP contribution in [0.25, 0.3) is 0 Å². The predicted molar refractivity (Wildman–Crippen MR) is 133 cm³/mol. The standard InChI is InChI=1S/C25H26N2O7S/c1-6-34-25(30)20-14(2)21(23(29)26-18-13-17(32-4)10-11-19(18)33-5)35-24(20)27-22(28)15-8-7-9-16(12-15)31-3/h7-13H,6H2,1-5H3,(H,26,29)(H,27,28). The number of ether oxygens (including phenoxy) is 4. The molecule has 2 N–H and O–H groups in total. The molecule has 0 unspecified atom stereocenters. The molecule has 0 radical (unpaired) electrons. The molecule has 0 saturated heterocycles. The first-order chi connectivity index (χ1) is 16.8. The van der Waals surface area contributed by atoms with Crippen LogP contribution < -0.4 is 24.8 Å². The lowest BCUT2D eigenvalue weighted by molar-refractivity contribution is 0.0527. The van der Waals surface area contributed by atoms with Gasteiger partial charge in [-0.2, -0.15) is 0 Å². The van der Waals surface area contributed by atoms with Crippen molar-refractivity contribution in [1.82, 2.24) is 0 Å². The maximum absolute atomic E-state index is 13.2. The summed E-state index contributed by atoms with van der Waals surface area (Å²) in [4.78, 5) is 39.1. The highest BCUT2D eigenvalue weighted by molar-refractivity contribution is 7.19. The Morgan fingerprint density at radius 3 is 2.26 bits per heavy atom. The molecule has 1 aromatic heterocycles. The SMILES string of the molecule is CCOC(=O)c1c(NC(=O)c2cccc(OC)c2)sc(C(=O)Nc2cc(OC)ccc2OC)c1C. The summed E-state index contributed by atoms with van der Waals surface area (Å²) in [6.07, 6.45) is 0. The summed E-state index contributed by atoms with van der Waals surface area (Å²) in [6.45, 7) is 3.44. The van der Waals surface area contributed by atoms with Gasteiger partial charge in [-0.25, -0.2) is 4.79 Å². The lowest BCUT2D eigenvalue weighted by atomic mass is 10.1. The van der Waals surface area contributed by atoms with Crippen LogP contribution in [-0.2, 0) is 4.74 Å². The number of nitrogens with one attached hydrogen (secondary N) is 2. The van der Waals surface area contributed by atoms with Crippen LogP contribution in [0, 0.1) is 6.92 Å². The Morgan fingerprint density at radius 2 is 1.60 bits per heavy atom. The van der Waals surface area contributed by atoms with Gasteiger partial charge in [0.15, 0.2) is 0 Å². The summed E-state index contributed by atoms with van der Waals surface area (Å²) in [5, 5.41) is 5.73. The molecule has 2 amide bonds. The fourth-order valence-electron chi connectivity index (χ4n) is 3.30. The molecule has 184 valence electrons. The van der Waals surface area contributed by atoms with Crippen LogP contribution in [0.2, 0.25) is 0 Å². The van der Waals surface area contributed by atoms with Crippen molar-refractivity contribution in [3.63, 3.8) is 0 Å². The first-order valence-electron chi connectivity index (χ1n) is 10.6. The number of benzene rings is 2. The lowest BCUT2D eigenvalue weighted by Gasteiger charge is -2.11. The molecule has 0 aliphatic carbocycles. The first kappa shape index (κ1) is 25.6. The highest BCUT2D eigenvalue weighted by Gasteiger charge is 2.27. The van der Waals surface area contributed by atoms with Crippen LogP contribution in [0.4, 0.5) is 10.7 Å². The molecular weight excluding hydrogens is 472 g/mol. The molecule has 9 nitrogen and oxygen atoms in total. The molecule has 0 aliphatic heterocycles. The Bertz CT molecular complexity index is 1250.